The standard InChI is InChI=1S/C18H19NO4/c1-10(20)23-15-4-2-3-14-18(15)13-8-19(14)7-11-5-16-17(6-12(11)13)22-9-21-16/h2,4-6,13-15,18H,3,7-9H2,1H3/t13-,14-,15+,18+/m0/s1. The van der Waals surface area contributed by atoms with Gasteiger partial charge in [-0.15, -0.1) is 0 Å². The Kier molecular flexibility index (Phi) is 2.77. The zero-order valence-electron chi connectivity index (χ0n) is 13.0. The molecule has 3 aliphatic heterocycles. The van der Waals surface area contributed by atoms with Gasteiger partial charge in [-0.25, -0.2) is 0 Å². The largest absolute Gasteiger partial charge is 0.458 e. The molecule has 0 N–H and O–H groups in total. The Labute approximate surface area is 134 Å². The van der Waals surface area contributed by atoms with Crippen molar-refractivity contribution >= 4 is 5.97 Å². The number of fused-ring (bicyclic) bond motifs is 8. The van der Waals surface area contributed by atoms with Crippen LogP contribution in [0, 0.1) is 5.92 Å². The van der Waals surface area contributed by atoms with E-state index in [0.717, 1.165) is 31.0 Å². The summed E-state index contributed by atoms with van der Waals surface area (Å²) in [5.74, 6) is 2.20. The van der Waals surface area contributed by atoms with Gasteiger partial charge in [0, 0.05) is 37.9 Å². The van der Waals surface area contributed by atoms with Crippen LogP contribution >= 0.6 is 0 Å². The maximum absolute atomic E-state index is 11.5. The molecule has 1 unspecified atom stereocenters. The second-order valence-corrected chi connectivity index (χ2v) is 6.82. The fraction of sp³-hybridized carbons (Fsp3) is 0.500. The second kappa shape index (κ2) is 4.74. The van der Waals surface area contributed by atoms with Crippen molar-refractivity contribution in [3.05, 3.63) is 35.4 Å². The van der Waals surface area contributed by atoms with Gasteiger partial charge in [0.1, 0.15) is 6.10 Å². The van der Waals surface area contributed by atoms with Gasteiger partial charge in [0.05, 0.1) is 0 Å². The first-order chi connectivity index (χ1) is 11.2. The van der Waals surface area contributed by atoms with E-state index in [0.29, 0.717) is 24.7 Å². The topological polar surface area (TPSA) is 48.0 Å². The molecule has 1 fully saturated rings. The first-order valence-corrected chi connectivity index (χ1v) is 8.21. The lowest BCUT2D eigenvalue weighted by molar-refractivity contribution is -0.147. The summed E-state index contributed by atoms with van der Waals surface area (Å²) in [6, 6.07) is 4.71. The summed E-state index contributed by atoms with van der Waals surface area (Å²) in [6.07, 6.45) is 5.13. The van der Waals surface area contributed by atoms with Crippen LogP contribution in [0.15, 0.2) is 24.3 Å². The molecule has 1 aromatic carbocycles. The minimum atomic E-state index is -0.206. The van der Waals surface area contributed by atoms with Crippen molar-refractivity contribution < 1.29 is 19.0 Å². The SMILES string of the molecule is CC(=O)O[C@@H]1C=CC[C@H]2[C@H]1[C@H]1CN2Cc2cc3c(cc21)OCO3. The number of carbonyl (C=O) groups excluding carboxylic acids is 1. The Morgan fingerprint density at radius 2 is 2.13 bits per heavy atom. The molecule has 0 saturated carbocycles. The lowest BCUT2D eigenvalue weighted by atomic mass is 9.77. The molecule has 0 radical (unpaired) electrons. The van der Waals surface area contributed by atoms with Crippen LogP contribution in [-0.2, 0) is 16.1 Å². The van der Waals surface area contributed by atoms with Crippen LogP contribution in [0.2, 0.25) is 0 Å². The number of nitrogens with zero attached hydrogens (tertiary/aromatic N) is 1. The maximum atomic E-state index is 11.5. The van der Waals surface area contributed by atoms with E-state index in [4.69, 9.17) is 14.2 Å². The second-order valence-electron chi connectivity index (χ2n) is 6.82. The van der Waals surface area contributed by atoms with Gasteiger partial charge in [0.25, 0.3) is 0 Å². The Bertz CT molecular complexity index is 713. The number of rotatable bonds is 1. The molecular formula is C18H19NO4. The molecule has 1 saturated heterocycles. The maximum Gasteiger partial charge on any atom is 0.303 e. The van der Waals surface area contributed by atoms with Crippen molar-refractivity contribution in [2.75, 3.05) is 13.3 Å². The summed E-state index contributed by atoms with van der Waals surface area (Å²) in [5.41, 5.74) is 2.66. The molecule has 0 amide bonds. The Hall–Kier alpha value is -2.01. The molecule has 0 aromatic heterocycles. The van der Waals surface area contributed by atoms with E-state index in [1.54, 1.807) is 0 Å². The highest BCUT2D eigenvalue weighted by Crippen LogP contribution is 2.51. The molecule has 5 nitrogen and oxygen atoms in total. The average molecular weight is 313 g/mol. The van der Waals surface area contributed by atoms with Crippen molar-refractivity contribution in [1.82, 2.24) is 4.90 Å². The lowest BCUT2D eigenvalue weighted by Crippen LogP contribution is -2.39. The van der Waals surface area contributed by atoms with Crippen molar-refractivity contribution in [3.8, 4) is 11.5 Å². The number of hydrogen-bond acceptors (Lipinski definition) is 5. The van der Waals surface area contributed by atoms with Crippen LogP contribution < -0.4 is 9.47 Å². The summed E-state index contributed by atoms with van der Waals surface area (Å²) >= 11 is 0. The highest BCUT2D eigenvalue weighted by atomic mass is 16.7. The van der Waals surface area contributed by atoms with Gasteiger partial charge in [0.2, 0.25) is 6.79 Å². The smallest absolute Gasteiger partial charge is 0.303 e. The molecule has 4 aliphatic rings. The summed E-state index contributed by atoms with van der Waals surface area (Å²) in [5, 5.41) is 0. The van der Waals surface area contributed by atoms with Crippen LogP contribution in [0.1, 0.15) is 30.4 Å². The van der Waals surface area contributed by atoms with E-state index in [9.17, 15) is 4.79 Å². The first-order valence-electron chi connectivity index (χ1n) is 8.21. The van der Waals surface area contributed by atoms with Crippen LogP contribution in [0.4, 0.5) is 0 Å². The fourth-order valence-electron chi connectivity index (χ4n) is 4.75. The summed E-state index contributed by atoms with van der Waals surface area (Å²) in [4.78, 5) is 14.0. The van der Waals surface area contributed by atoms with Gasteiger partial charge >= 0.3 is 5.97 Å². The van der Waals surface area contributed by atoms with Gasteiger partial charge in [0.15, 0.2) is 11.5 Å². The van der Waals surface area contributed by atoms with E-state index < -0.39 is 0 Å². The van der Waals surface area contributed by atoms with Crippen LogP contribution in [-0.4, -0.2) is 36.4 Å². The molecular weight excluding hydrogens is 294 g/mol. The monoisotopic (exact) mass is 313 g/mol. The fourth-order valence-corrected chi connectivity index (χ4v) is 4.75. The minimum Gasteiger partial charge on any atom is -0.458 e. The highest BCUT2D eigenvalue weighted by molar-refractivity contribution is 5.66. The van der Waals surface area contributed by atoms with E-state index in [1.807, 2.05) is 0 Å². The third-order valence-corrected chi connectivity index (χ3v) is 5.60. The number of hydrogen-bond donors (Lipinski definition) is 0. The van der Waals surface area contributed by atoms with Crippen LogP contribution in [0.5, 0.6) is 11.5 Å². The van der Waals surface area contributed by atoms with Crippen molar-refractivity contribution in [3.63, 3.8) is 0 Å². The zero-order valence-corrected chi connectivity index (χ0v) is 13.0. The molecule has 5 rings (SSSR count). The van der Waals surface area contributed by atoms with E-state index in [-0.39, 0.29) is 12.1 Å². The summed E-state index contributed by atoms with van der Waals surface area (Å²) in [7, 11) is 0. The van der Waals surface area contributed by atoms with E-state index >= 15 is 0 Å². The molecule has 23 heavy (non-hydrogen) atoms. The Morgan fingerprint density at radius 1 is 1.30 bits per heavy atom. The molecule has 1 aliphatic carbocycles. The third kappa shape index (κ3) is 1.92. The molecule has 1 aromatic rings. The van der Waals surface area contributed by atoms with Crippen molar-refractivity contribution in [2.45, 2.75) is 38.0 Å². The van der Waals surface area contributed by atoms with E-state index in [1.165, 1.54) is 18.1 Å². The molecule has 2 bridgehead atoms. The van der Waals surface area contributed by atoms with Crippen LogP contribution in [0.25, 0.3) is 0 Å². The van der Waals surface area contributed by atoms with Gasteiger partial charge in [-0.2, -0.15) is 0 Å². The van der Waals surface area contributed by atoms with Gasteiger partial charge < -0.3 is 14.2 Å². The lowest BCUT2D eigenvalue weighted by Gasteiger charge is -2.33. The average Bonchev–Trinajstić information content (AvgIpc) is 3.09. The first kappa shape index (κ1) is 13.4. The van der Waals surface area contributed by atoms with Crippen molar-refractivity contribution in [2.24, 2.45) is 5.92 Å². The Balaban J connectivity index is 1.57. The third-order valence-electron chi connectivity index (χ3n) is 5.60. The molecule has 5 atom stereocenters. The highest BCUT2D eigenvalue weighted by Gasteiger charge is 2.50. The molecule has 0 spiro atoms. The zero-order chi connectivity index (χ0) is 15.6. The van der Waals surface area contributed by atoms with Gasteiger partial charge in [-0.05, 0) is 35.8 Å². The summed E-state index contributed by atoms with van der Waals surface area (Å²) in [6.45, 7) is 3.76. The predicted molar refractivity (Wildman–Crippen MR) is 82.3 cm³/mol. The van der Waals surface area contributed by atoms with E-state index in [2.05, 4.69) is 29.2 Å². The van der Waals surface area contributed by atoms with Crippen molar-refractivity contribution in [1.29, 1.82) is 0 Å². The normalized spacial score (nSPS) is 35.6. The number of esters is 1. The molecule has 120 valence electrons. The number of benzene rings is 1. The number of carbonyl (C=O) groups is 1. The predicted octanol–water partition coefficient (Wildman–Crippen LogP) is 2.20. The quantitative estimate of drug-likeness (QED) is 0.588. The molecule has 3 heterocycles. The minimum absolute atomic E-state index is 0.127. The summed E-state index contributed by atoms with van der Waals surface area (Å²) < 4.78 is 16.7. The molecule has 5 heteroatoms. The van der Waals surface area contributed by atoms with Gasteiger partial charge in [-0.3, -0.25) is 9.69 Å². The Morgan fingerprint density at radius 3 is 2.96 bits per heavy atom. The van der Waals surface area contributed by atoms with Crippen LogP contribution in [0.3, 0.4) is 0 Å². The number of ether oxygens (including phenoxy) is 3. The van der Waals surface area contributed by atoms with Gasteiger partial charge in [-0.1, -0.05) is 6.08 Å².